The van der Waals surface area contributed by atoms with Crippen LogP contribution in [0.2, 0.25) is 0 Å². The van der Waals surface area contributed by atoms with Crippen LogP contribution in [0.5, 0.6) is 0 Å². The Balaban J connectivity index is -0.0000000639. The minimum absolute atomic E-state index is 0. The number of hydrogen-bond acceptors (Lipinski definition) is 24. The Morgan fingerprint density at radius 1 is 0.200 bits per heavy atom. The van der Waals surface area contributed by atoms with Gasteiger partial charge in [-0.25, -0.2) is 0 Å². The average molecular weight is 1610 g/mol. The van der Waals surface area contributed by atoms with E-state index in [4.69, 9.17) is 174 Å². The fourth-order valence-electron chi connectivity index (χ4n) is 6.57. The van der Waals surface area contributed by atoms with Crippen LogP contribution in [0.15, 0.2) is 0 Å². The van der Waals surface area contributed by atoms with Gasteiger partial charge < -0.3 is 181 Å². The van der Waals surface area contributed by atoms with Crippen molar-refractivity contribution in [2.24, 2.45) is 0 Å². The van der Waals surface area contributed by atoms with Crippen LogP contribution in [-0.2, 0) is 172 Å². The third kappa shape index (κ3) is 194. The molecule has 0 saturated heterocycles. The van der Waals surface area contributed by atoms with Crippen LogP contribution < -0.4 is 31.9 Å². The molecular formula is C54H108MoN6O6S18-6. The van der Waals surface area contributed by atoms with Crippen LogP contribution >= 0.6 is 73.3 Å². The summed E-state index contributed by atoms with van der Waals surface area (Å²) in [7, 11) is 0. The van der Waals surface area contributed by atoms with Gasteiger partial charge in [0.2, 0.25) is 0 Å². The van der Waals surface area contributed by atoms with Gasteiger partial charge in [-0.05, 0) is 38.5 Å². The second-order valence-corrected chi connectivity index (χ2v) is 24.3. The van der Waals surface area contributed by atoms with Gasteiger partial charge in [0, 0.05) is 60.3 Å². The number of hydrogen-bond donors (Lipinski definition) is 6. The van der Waals surface area contributed by atoms with E-state index in [-0.39, 0.29) is 21.1 Å². The van der Waals surface area contributed by atoms with Crippen molar-refractivity contribution in [2.45, 2.75) is 273 Å². The van der Waals surface area contributed by atoms with E-state index >= 15 is 0 Å². The van der Waals surface area contributed by atoms with Gasteiger partial charge in [0.05, 0.1) is 0 Å². The van der Waals surface area contributed by atoms with Gasteiger partial charge in [-0.15, -0.1) is 0 Å². The Kier molecular flexibility index (Phi) is 184. The molecule has 0 aromatic heterocycles. The van der Waals surface area contributed by atoms with Gasteiger partial charge >= 0.3 is 0 Å². The van der Waals surface area contributed by atoms with Crippen molar-refractivity contribution in [1.29, 1.82) is 0 Å². The summed E-state index contributed by atoms with van der Waals surface area (Å²) in [6.45, 7) is 19.1. The maximum absolute atomic E-state index is 7.83. The molecule has 0 unspecified atom stereocenters. The molecule has 85 heavy (non-hydrogen) atoms. The van der Waals surface area contributed by atoms with Gasteiger partial charge in [-0.3, -0.25) is 0 Å². The quantitative estimate of drug-likeness (QED) is 0.0147. The van der Waals surface area contributed by atoms with E-state index in [1.54, 1.807) is 0 Å². The third-order valence-corrected chi connectivity index (χ3v) is 12.5. The predicted octanol–water partition coefficient (Wildman–Crippen LogP) is 14.6. The molecule has 0 spiro atoms. The van der Waals surface area contributed by atoms with E-state index in [1.807, 2.05) is 0 Å². The third-order valence-electron chi connectivity index (χ3n) is 10.8. The molecule has 0 bridgehead atoms. The Morgan fingerprint density at radius 2 is 0.282 bits per heavy atom. The zero-order valence-electron chi connectivity index (χ0n) is 51.9. The van der Waals surface area contributed by atoms with Crippen molar-refractivity contribution in [1.82, 2.24) is 31.9 Å². The van der Waals surface area contributed by atoms with Gasteiger partial charge in [0.15, 0.2) is 75.2 Å². The molecule has 0 amide bonds. The summed E-state index contributed by atoms with van der Waals surface area (Å²) >= 11 is 73.6. The van der Waals surface area contributed by atoms with Crippen LogP contribution in [0, 0.1) is 0 Å². The van der Waals surface area contributed by atoms with Gasteiger partial charge in [-0.2, -0.15) is 25.3 Å². The number of thiocarbonyl (C=S) groups is 6. The van der Waals surface area contributed by atoms with Gasteiger partial charge in [0.1, 0.15) is 0 Å². The van der Waals surface area contributed by atoms with Gasteiger partial charge in [0.25, 0.3) is 0 Å². The molecule has 0 fully saturated rings. The van der Waals surface area contributed by atoms with Crippen LogP contribution in [0.4, 0.5) is 0 Å². The Labute approximate surface area is 633 Å². The Bertz CT molecular complexity index is 1040. The van der Waals surface area contributed by atoms with E-state index in [1.165, 1.54) is 231 Å². The van der Waals surface area contributed by atoms with Crippen LogP contribution in [0.3, 0.4) is 0 Å². The fourth-order valence-corrected chi connectivity index (χ4v) is 7.80. The first-order valence-electron chi connectivity index (χ1n) is 29.3. The topological polar surface area (TPSA) is 175 Å². The van der Waals surface area contributed by atoms with Crippen LogP contribution in [0.1, 0.15) is 273 Å². The first-order valence-corrected chi connectivity index (χ1v) is 36.2. The summed E-state index contributed by atoms with van der Waals surface area (Å²) < 4.78 is 50.0. The van der Waals surface area contributed by atoms with Gasteiger partial charge in [-0.1, -0.05) is 260 Å². The van der Waals surface area contributed by atoms with E-state index < -0.39 is 0 Å². The monoisotopic (exact) mass is 1610 g/mol. The first kappa shape index (κ1) is 117. The van der Waals surface area contributed by atoms with E-state index in [2.05, 4.69) is 149 Å². The van der Waals surface area contributed by atoms with Crippen molar-refractivity contribution in [2.75, 3.05) is 39.3 Å². The fraction of sp³-hybridized carbons (Fsp3) is 0.889. The maximum atomic E-state index is 7.83. The molecule has 0 saturated carbocycles. The zero-order chi connectivity index (χ0) is 67.4. The molecule has 6 N–H and O–H groups in total. The molecule has 0 aliphatic carbocycles. The molecule has 510 valence electrons. The van der Waals surface area contributed by atoms with Crippen molar-refractivity contribution in [3.05, 3.63) is 0 Å². The molecule has 0 aromatic rings. The van der Waals surface area contributed by atoms with Crippen molar-refractivity contribution in [3.8, 4) is 0 Å². The molecule has 0 aliphatic heterocycles. The summed E-state index contributed by atoms with van der Waals surface area (Å²) in [5, 5.41) is 17.9. The predicted molar refractivity (Wildman–Crippen MR) is 417 cm³/mol. The second kappa shape index (κ2) is 134. The Hall–Kier alpha value is 1.47. The second-order valence-electron chi connectivity index (χ2n) is 17.9. The standard InChI is InChI=1S/6C9H19NS2.Mo.6OS/c6*1-2-3-4-5-6-7-8-10-9(11)12;;6*1-2/h6*2-8H2,1H3,(H2,10,11,12);;;;;;;/p-6. The first-order chi connectivity index (χ1) is 40.6. The minimum atomic E-state index is 0. The molecule has 0 aliphatic rings. The summed E-state index contributed by atoms with van der Waals surface area (Å²) in [6.07, 6.45) is 47.3. The maximum Gasteiger partial charge on any atom is 0.197 e. The molecule has 0 heterocycles. The molecule has 31 heteroatoms. The van der Waals surface area contributed by atoms with Crippen molar-refractivity contribution >= 4 is 250 Å². The SMILES string of the molecule is CCCCCCCCNC(=S)[S-].CCCCCCCCNC(=S)[S-].CCCCCCCCNC(=S)[S-].CCCCCCCCNC(=S)[S-].CCCCCCCCNC(=S)[S-].CCCCCCCCNC(=S)[S-].O=S.O=S.O=S.O=S.O=S.O=S.[Mo]. The molecule has 0 atom stereocenters. The zero-order valence-corrected chi connectivity index (χ0v) is 68.6. The minimum Gasteiger partial charge on any atom is -0.412 e. The summed E-state index contributed by atoms with van der Waals surface area (Å²) in [4.78, 5) is 0. The Morgan fingerprint density at radius 3 is 0.365 bits per heavy atom. The molecule has 0 rings (SSSR count). The molecular weight excluding hydrogens is 1500 g/mol. The smallest absolute Gasteiger partial charge is 0.197 e. The number of rotatable bonds is 42. The average Bonchev–Trinajstić information content (AvgIpc) is 3.49. The summed E-state index contributed by atoms with van der Waals surface area (Å²) in [5.41, 5.74) is 0. The number of unbranched alkanes of at least 4 members (excludes halogenated alkanes) is 30. The van der Waals surface area contributed by atoms with Crippen LogP contribution in [-0.4, -0.2) is 90.4 Å². The molecule has 12 nitrogen and oxygen atoms in total. The molecule has 0 radical (unpaired) electrons. The number of nitrogens with one attached hydrogen (secondary N) is 6. The van der Waals surface area contributed by atoms with E-state index in [0.717, 1.165) is 39.3 Å². The van der Waals surface area contributed by atoms with E-state index in [0.29, 0.717) is 25.9 Å². The summed E-state index contributed by atoms with van der Waals surface area (Å²) in [5.74, 6) is 0. The van der Waals surface area contributed by atoms with E-state index in [9.17, 15) is 0 Å². The van der Waals surface area contributed by atoms with Crippen LogP contribution in [0.25, 0.3) is 0 Å². The van der Waals surface area contributed by atoms with Crippen molar-refractivity contribution in [3.63, 3.8) is 0 Å². The normalized spacial score (nSPS) is 8.54. The largest absolute Gasteiger partial charge is 0.412 e. The van der Waals surface area contributed by atoms with Crippen molar-refractivity contribution < 1.29 is 46.3 Å². The summed E-state index contributed by atoms with van der Waals surface area (Å²) in [6, 6.07) is 0. The molecule has 0 aromatic carbocycles.